The fraction of sp³-hybridized carbons (Fsp3) is 0.143. The van der Waals surface area contributed by atoms with E-state index in [-0.39, 0.29) is 23.0 Å². The summed E-state index contributed by atoms with van der Waals surface area (Å²) in [6.07, 6.45) is 1.38. The Hall–Kier alpha value is -2.41. The zero-order valence-corrected chi connectivity index (χ0v) is 12.1. The second-order valence-corrected chi connectivity index (χ2v) is 5.18. The molecule has 0 saturated heterocycles. The molecule has 2 rings (SSSR count). The Morgan fingerprint density at radius 1 is 1.33 bits per heavy atom. The highest BCUT2D eigenvalue weighted by molar-refractivity contribution is 7.99. The van der Waals surface area contributed by atoms with Gasteiger partial charge in [0.15, 0.2) is 10.9 Å². The number of carbonyl (C=O) groups excluding carboxylic acids is 2. The molecule has 6 nitrogen and oxygen atoms in total. The quantitative estimate of drug-likeness (QED) is 0.498. The first kappa shape index (κ1) is 15.0. The van der Waals surface area contributed by atoms with Crippen LogP contribution in [0.3, 0.4) is 0 Å². The molecule has 108 valence electrons. The van der Waals surface area contributed by atoms with Crippen molar-refractivity contribution in [2.24, 2.45) is 0 Å². The maximum Gasteiger partial charge on any atom is 0.251 e. The Balaban J connectivity index is 1.94. The van der Waals surface area contributed by atoms with Crippen LogP contribution in [-0.4, -0.2) is 27.4 Å². The number of carbonyl (C=O) groups is 2. The number of ketones is 1. The molecule has 1 amide bonds. The molecule has 7 heteroatoms. The van der Waals surface area contributed by atoms with E-state index in [0.717, 1.165) is 11.8 Å². The molecule has 1 heterocycles. The van der Waals surface area contributed by atoms with Crippen LogP contribution in [0.5, 0.6) is 0 Å². The summed E-state index contributed by atoms with van der Waals surface area (Å²) in [6, 6.07) is 8.02. The highest BCUT2D eigenvalue weighted by Crippen LogP contribution is 2.14. The van der Waals surface area contributed by atoms with Crippen LogP contribution < -0.4 is 10.9 Å². The SMILES string of the molecule is CC(=O)c1cccc(NC(=O)CSc2nccc(=O)[nH]2)c1. The molecule has 0 spiro atoms. The molecule has 0 fully saturated rings. The lowest BCUT2D eigenvalue weighted by atomic mass is 10.1. The van der Waals surface area contributed by atoms with Crippen molar-refractivity contribution in [1.29, 1.82) is 0 Å². The molecule has 0 bridgehead atoms. The smallest absolute Gasteiger partial charge is 0.251 e. The summed E-state index contributed by atoms with van der Waals surface area (Å²) < 4.78 is 0. The van der Waals surface area contributed by atoms with Gasteiger partial charge in [0, 0.05) is 23.5 Å². The summed E-state index contributed by atoms with van der Waals surface area (Å²) >= 11 is 1.13. The van der Waals surface area contributed by atoms with Gasteiger partial charge < -0.3 is 10.3 Å². The van der Waals surface area contributed by atoms with E-state index in [1.54, 1.807) is 24.3 Å². The van der Waals surface area contributed by atoms with Crippen molar-refractivity contribution in [2.75, 3.05) is 11.1 Å². The van der Waals surface area contributed by atoms with E-state index in [1.807, 2.05) is 0 Å². The van der Waals surface area contributed by atoms with Gasteiger partial charge in [0.1, 0.15) is 0 Å². The molecule has 2 N–H and O–H groups in total. The number of aromatic amines is 1. The molecule has 0 unspecified atom stereocenters. The molecule has 1 aromatic heterocycles. The average Bonchev–Trinajstić information content (AvgIpc) is 2.45. The lowest BCUT2D eigenvalue weighted by molar-refractivity contribution is -0.113. The van der Waals surface area contributed by atoms with Crippen LogP contribution in [0.25, 0.3) is 0 Å². The van der Waals surface area contributed by atoms with Gasteiger partial charge in [-0.05, 0) is 19.1 Å². The van der Waals surface area contributed by atoms with Crippen LogP contribution in [0.15, 0.2) is 46.5 Å². The van der Waals surface area contributed by atoms with Gasteiger partial charge in [0.2, 0.25) is 5.91 Å². The van der Waals surface area contributed by atoms with Crippen LogP contribution in [0.2, 0.25) is 0 Å². The number of amides is 1. The van der Waals surface area contributed by atoms with Crippen molar-refractivity contribution in [1.82, 2.24) is 9.97 Å². The number of hydrogen-bond acceptors (Lipinski definition) is 5. The molecule has 0 radical (unpaired) electrons. The third kappa shape index (κ3) is 4.57. The van der Waals surface area contributed by atoms with Gasteiger partial charge in [-0.25, -0.2) is 4.98 Å². The molecular weight excluding hydrogens is 290 g/mol. The number of aromatic nitrogens is 2. The minimum absolute atomic E-state index is 0.0634. The van der Waals surface area contributed by atoms with E-state index in [2.05, 4.69) is 15.3 Å². The summed E-state index contributed by atoms with van der Waals surface area (Å²) in [7, 11) is 0. The summed E-state index contributed by atoms with van der Waals surface area (Å²) in [4.78, 5) is 40.6. The molecular formula is C14H13N3O3S. The normalized spacial score (nSPS) is 10.1. The monoisotopic (exact) mass is 303 g/mol. The lowest BCUT2D eigenvalue weighted by Gasteiger charge is -2.06. The molecule has 0 aliphatic heterocycles. The van der Waals surface area contributed by atoms with Crippen molar-refractivity contribution in [2.45, 2.75) is 12.1 Å². The van der Waals surface area contributed by atoms with Gasteiger partial charge in [-0.15, -0.1) is 0 Å². The van der Waals surface area contributed by atoms with Gasteiger partial charge >= 0.3 is 0 Å². The summed E-state index contributed by atoms with van der Waals surface area (Å²) in [6.45, 7) is 1.47. The van der Waals surface area contributed by atoms with Crippen LogP contribution in [0.1, 0.15) is 17.3 Å². The number of H-pyrrole nitrogens is 1. The maximum atomic E-state index is 11.8. The molecule has 0 aliphatic carbocycles. The molecule has 21 heavy (non-hydrogen) atoms. The predicted molar refractivity (Wildman–Crippen MR) is 80.7 cm³/mol. The van der Waals surface area contributed by atoms with Gasteiger partial charge in [-0.3, -0.25) is 14.4 Å². The molecule has 1 aromatic carbocycles. The number of thioether (sulfide) groups is 1. The van der Waals surface area contributed by atoms with E-state index in [0.29, 0.717) is 16.4 Å². The van der Waals surface area contributed by atoms with Gasteiger partial charge in [0.25, 0.3) is 5.56 Å². The Morgan fingerprint density at radius 3 is 2.86 bits per heavy atom. The summed E-state index contributed by atoms with van der Waals surface area (Å²) in [5.74, 6) is -0.198. The standard InChI is InChI=1S/C14H13N3O3S/c1-9(18)10-3-2-4-11(7-10)16-13(20)8-21-14-15-6-5-12(19)17-14/h2-7H,8H2,1H3,(H,16,20)(H,15,17,19). The number of Topliss-reactive ketones (excluding diaryl/α,β-unsaturated/α-hetero) is 1. The second kappa shape index (κ2) is 6.85. The number of benzene rings is 1. The van der Waals surface area contributed by atoms with Crippen LogP contribution >= 0.6 is 11.8 Å². The number of hydrogen-bond donors (Lipinski definition) is 2. The Labute approximate surface area is 125 Å². The van der Waals surface area contributed by atoms with Crippen LogP contribution in [-0.2, 0) is 4.79 Å². The number of nitrogens with one attached hydrogen (secondary N) is 2. The topological polar surface area (TPSA) is 91.9 Å². The number of anilines is 1. The highest BCUT2D eigenvalue weighted by atomic mass is 32.2. The summed E-state index contributed by atoms with van der Waals surface area (Å²) in [5, 5.41) is 3.07. The van der Waals surface area contributed by atoms with Crippen molar-refractivity contribution >= 4 is 29.1 Å². The highest BCUT2D eigenvalue weighted by Gasteiger charge is 2.06. The minimum atomic E-state index is -0.262. The van der Waals surface area contributed by atoms with Crippen LogP contribution in [0, 0.1) is 0 Å². The zero-order chi connectivity index (χ0) is 15.2. The zero-order valence-electron chi connectivity index (χ0n) is 11.3. The largest absolute Gasteiger partial charge is 0.325 e. The first-order valence-electron chi connectivity index (χ1n) is 6.13. The van der Waals surface area contributed by atoms with Gasteiger partial charge in [-0.2, -0.15) is 0 Å². The van der Waals surface area contributed by atoms with Crippen molar-refractivity contribution in [3.63, 3.8) is 0 Å². The van der Waals surface area contributed by atoms with Crippen molar-refractivity contribution in [3.05, 3.63) is 52.4 Å². The fourth-order valence-electron chi connectivity index (χ4n) is 1.57. The first-order valence-corrected chi connectivity index (χ1v) is 7.12. The molecule has 0 aliphatic rings. The maximum absolute atomic E-state index is 11.8. The van der Waals surface area contributed by atoms with Crippen molar-refractivity contribution < 1.29 is 9.59 Å². The third-order valence-corrected chi connectivity index (χ3v) is 3.43. The third-order valence-electron chi connectivity index (χ3n) is 2.54. The van der Waals surface area contributed by atoms with Gasteiger partial charge in [0.05, 0.1) is 5.75 Å². The minimum Gasteiger partial charge on any atom is -0.325 e. The molecule has 2 aromatic rings. The first-order chi connectivity index (χ1) is 10.0. The second-order valence-electron chi connectivity index (χ2n) is 4.21. The Bertz CT molecular complexity index is 727. The number of rotatable bonds is 5. The van der Waals surface area contributed by atoms with E-state index in [1.165, 1.54) is 19.2 Å². The van der Waals surface area contributed by atoms with E-state index < -0.39 is 0 Å². The molecule has 0 atom stereocenters. The average molecular weight is 303 g/mol. The Morgan fingerprint density at radius 2 is 2.14 bits per heavy atom. The van der Waals surface area contributed by atoms with Crippen LogP contribution in [0.4, 0.5) is 5.69 Å². The van der Waals surface area contributed by atoms with E-state index >= 15 is 0 Å². The fourth-order valence-corrected chi connectivity index (χ4v) is 2.22. The van der Waals surface area contributed by atoms with E-state index in [4.69, 9.17) is 0 Å². The van der Waals surface area contributed by atoms with Gasteiger partial charge in [-0.1, -0.05) is 23.9 Å². The number of nitrogens with zero attached hydrogens (tertiary/aromatic N) is 1. The Kier molecular flexibility index (Phi) is 4.89. The molecule has 0 saturated carbocycles. The van der Waals surface area contributed by atoms with E-state index in [9.17, 15) is 14.4 Å². The summed E-state index contributed by atoms with van der Waals surface area (Å²) in [5.41, 5.74) is 0.833. The van der Waals surface area contributed by atoms with Crippen molar-refractivity contribution in [3.8, 4) is 0 Å². The predicted octanol–water partition coefficient (Wildman–Crippen LogP) is 1.70. The lowest BCUT2D eigenvalue weighted by Crippen LogP contribution is -2.15.